The highest BCUT2D eigenvalue weighted by atomic mass is 16.5. The first-order valence-electron chi connectivity index (χ1n) is 9.97. The van der Waals surface area contributed by atoms with Crippen LogP contribution in [0.5, 0.6) is 17.2 Å². The zero-order valence-electron chi connectivity index (χ0n) is 17.4. The van der Waals surface area contributed by atoms with Crippen molar-refractivity contribution in [1.29, 1.82) is 0 Å². The van der Waals surface area contributed by atoms with Gasteiger partial charge in [-0.1, -0.05) is 36.4 Å². The van der Waals surface area contributed by atoms with Crippen molar-refractivity contribution < 1.29 is 23.8 Å². The zero-order chi connectivity index (χ0) is 21.3. The minimum Gasteiger partial charge on any atom is -0.493 e. The maximum atomic E-state index is 13.3. The smallest absolute Gasteiger partial charge is 0.225 e. The predicted molar refractivity (Wildman–Crippen MR) is 112 cm³/mol. The number of carbonyl (C=O) groups is 2. The standard InChI is InChI=1S/C24H25NO5/c1-28-20-10-9-16(23(29-2)24(20)30-3)17-13-21(27)25-18-11-15(12-19(26)22(17)18)14-7-5-4-6-8-14/h4-10,15,17H,11-13H2,1-3H3,(H,25,27). The lowest BCUT2D eigenvalue weighted by Gasteiger charge is -2.35. The van der Waals surface area contributed by atoms with Gasteiger partial charge in [0, 0.05) is 35.6 Å². The quantitative estimate of drug-likeness (QED) is 0.818. The van der Waals surface area contributed by atoms with Gasteiger partial charge in [-0.2, -0.15) is 0 Å². The molecule has 1 aliphatic carbocycles. The molecule has 0 aromatic heterocycles. The lowest BCUT2D eigenvalue weighted by atomic mass is 9.73. The van der Waals surface area contributed by atoms with Crippen LogP contribution in [0.2, 0.25) is 0 Å². The van der Waals surface area contributed by atoms with Crippen molar-refractivity contribution in [3.63, 3.8) is 0 Å². The number of amides is 1. The lowest BCUT2D eigenvalue weighted by molar-refractivity contribution is -0.122. The van der Waals surface area contributed by atoms with E-state index >= 15 is 0 Å². The summed E-state index contributed by atoms with van der Waals surface area (Å²) in [5.41, 5.74) is 3.26. The lowest BCUT2D eigenvalue weighted by Crippen LogP contribution is -2.38. The van der Waals surface area contributed by atoms with Gasteiger partial charge < -0.3 is 19.5 Å². The van der Waals surface area contributed by atoms with E-state index in [1.807, 2.05) is 36.4 Å². The van der Waals surface area contributed by atoms with E-state index < -0.39 is 0 Å². The van der Waals surface area contributed by atoms with E-state index in [4.69, 9.17) is 14.2 Å². The van der Waals surface area contributed by atoms with Crippen LogP contribution in [0.4, 0.5) is 0 Å². The molecule has 0 saturated carbocycles. The molecule has 1 aliphatic heterocycles. The molecule has 4 rings (SSSR count). The van der Waals surface area contributed by atoms with Crippen LogP contribution < -0.4 is 19.5 Å². The maximum absolute atomic E-state index is 13.3. The first-order chi connectivity index (χ1) is 14.6. The molecule has 2 aliphatic rings. The largest absolute Gasteiger partial charge is 0.493 e. The third-order valence-corrected chi connectivity index (χ3v) is 5.92. The number of hydrogen-bond donors (Lipinski definition) is 1. The molecule has 156 valence electrons. The van der Waals surface area contributed by atoms with E-state index in [1.54, 1.807) is 27.4 Å². The van der Waals surface area contributed by atoms with E-state index in [9.17, 15) is 9.59 Å². The van der Waals surface area contributed by atoms with Gasteiger partial charge in [0.15, 0.2) is 17.3 Å². The summed E-state index contributed by atoms with van der Waals surface area (Å²) in [6.07, 6.45) is 1.24. The van der Waals surface area contributed by atoms with Crippen molar-refractivity contribution in [2.75, 3.05) is 21.3 Å². The number of Topliss-reactive ketones (excluding diaryl/α,β-unsaturated/α-hetero) is 1. The van der Waals surface area contributed by atoms with Crippen molar-refractivity contribution in [1.82, 2.24) is 5.32 Å². The first-order valence-corrected chi connectivity index (χ1v) is 9.97. The van der Waals surface area contributed by atoms with Gasteiger partial charge in [0.05, 0.1) is 21.3 Å². The molecule has 0 radical (unpaired) electrons. The zero-order valence-corrected chi connectivity index (χ0v) is 17.4. The molecular formula is C24H25NO5. The Bertz CT molecular complexity index is 1010. The Morgan fingerprint density at radius 2 is 1.57 bits per heavy atom. The average Bonchev–Trinajstić information content (AvgIpc) is 2.77. The summed E-state index contributed by atoms with van der Waals surface area (Å²) in [6.45, 7) is 0. The van der Waals surface area contributed by atoms with Crippen molar-refractivity contribution in [2.24, 2.45) is 0 Å². The fourth-order valence-electron chi connectivity index (χ4n) is 4.59. The first kappa shape index (κ1) is 20.0. The predicted octanol–water partition coefficient (Wildman–Crippen LogP) is 3.72. The number of methoxy groups -OCH3 is 3. The second-order valence-corrected chi connectivity index (χ2v) is 7.56. The SMILES string of the molecule is COc1ccc(C2CC(=O)NC3=C2C(=O)CC(c2ccccc2)C3)c(OC)c1OC. The monoisotopic (exact) mass is 407 g/mol. The van der Waals surface area contributed by atoms with E-state index in [1.165, 1.54) is 0 Å². The van der Waals surface area contributed by atoms with Crippen molar-refractivity contribution in [3.8, 4) is 17.2 Å². The third-order valence-electron chi connectivity index (χ3n) is 5.92. The summed E-state index contributed by atoms with van der Waals surface area (Å²) in [5.74, 6) is 1.12. The Labute approximate surface area is 175 Å². The van der Waals surface area contributed by atoms with Gasteiger partial charge >= 0.3 is 0 Å². The Hall–Kier alpha value is -3.28. The maximum Gasteiger partial charge on any atom is 0.225 e. The Kier molecular flexibility index (Phi) is 5.48. The normalized spacial score (nSPS) is 21.0. The van der Waals surface area contributed by atoms with Crippen LogP contribution in [0.3, 0.4) is 0 Å². The van der Waals surface area contributed by atoms with Crippen LogP contribution in [-0.4, -0.2) is 33.0 Å². The molecule has 1 amide bonds. The average molecular weight is 407 g/mol. The van der Waals surface area contributed by atoms with E-state index in [0.29, 0.717) is 35.7 Å². The number of nitrogens with one attached hydrogen (secondary N) is 1. The molecule has 2 atom stereocenters. The van der Waals surface area contributed by atoms with Crippen LogP contribution in [0.15, 0.2) is 53.7 Å². The van der Waals surface area contributed by atoms with Gasteiger partial charge in [-0.3, -0.25) is 9.59 Å². The minimum absolute atomic E-state index is 0.0591. The van der Waals surface area contributed by atoms with Crippen LogP contribution in [0, 0.1) is 0 Å². The molecule has 2 aromatic carbocycles. The summed E-state index contributed by atoms with van der Waals surface area (Å²) in [4.78, 5) is 25.8. The summed E-state index contributed by atoms with van der Waals surface area (Å²) >= 11 is 0. The van der Waals surface area contributed by atoms with E-state index in [0.717, 1.165) is 16.8 Å². The summed E-state index contributed by atoms with van der Waals surface area (Å²) in [6, 6.07) is 13.6. The number of hydrogen-bond acceptors (Lipinski definition) is 5. The topological polar surface area (TPSA) is 73.9 Å². The molecule has 1 heterocycles. The number of benzene rings is 2. The molecular weight excluding hydrogens is 382 g/mol. The molecule has 6 nitrogen and oxygen atoms in total. The van der Waals surface area contributed by atoms with Crippen molar-refractivity contribution in [2.45, 2.75) is 31.1 Å². The summed E-state index contributed by atoms with van der Waals surface area (Å²) in [5, 5.41) is 2.96. The van der Waals surface area contributed by atoms with Crippen LogP contribution in [0.25, 0.3) is 0 Å². The van der Waals surface area contributed by atoms with Gasteiger partial charge in [0.25, 0.3) is 0 Å². The highest BCUT2D eigenvalue weighted by Gasteiger charge is 2.39. The van der Waals surface area contributed by atoms with Gasteiger partial charge in [0.1, 0.15) is 0 Å². The molecule has 6 heteroatoms. The number of ether oxygens (including phenoxy) is 3. The van der Waals surface area contributed by atoms with E-state index in [-0.39, 0.29) is 29.9 Å². The van der Waals surface area contributed by atoms with Crippen LogP contribution in [-0.2, 0) is 9.59 Å². The molecule has 2 unspecified atom stereocenters. The summed E-state index contributed by atoms with van der Waals surface area (Å²) < 4.78 is 16.5. The third kappa shape index (κ3) is 3.43. The van der Waals surface area contributed by atoms with Gasteiger partial charge in [-0.25, -0.2) is 0 Å². The second kappa shape index (κ2) is 8.22. The van der Waals surface area contributed by atoms with Crippen LogP contribution >= 0.6 is 0 Å². The van der Waals surface area contributed by atoms with Gasteiger partial charge in [0.2, 0.25) is 11.7 Å². The minimum atomic E-state index is -0.382. The molecule has 30 heavy (non-hydrogen) atoms. The number of allylic oxidation sites excluding steroid dienone is 2. The van der Waals surface area contributed by atoms with E-state index in [2.05, 4.69) is 5.32 Å². The number of ketones is 1. The highest BCUT2D eigenvalue weighted by Crippen LogP contribution is 2.49. The molecule has 0 saturated heterocycles. The molecule has 0 fully saturated rings. The Balaban J connectivity index is 1.79. The molecule has 1 N–H and O–H groups in total. The molecule has 2 aromatic rings. The Morgan fingerprint density at radius 3 is 2.23 bits per heavy atom. The van der Waals surface area contributed by atoms with Gasteiger partial charge in [-0.15, -0.1) is 0 Å². The Morgan fingerprint density at radius 1 is 0.833 bits per heavy atom. The summed E-state index contributed by atoms with van der Waals surface area (Å²) in [7, 11) is 4.64. The van der Waals surface area contributed by atoms with Gasteiger partial charge in [-0.05, 0) is 24.0 Å². The van der Waals surface area contributed by atoms with Crippen LogP contribution in [0.1, 0.15) is 42.2 Å². The molecule has 0 spiro atoms. The molecule has 0 bridgehead atoms. The number of carbonyl (C=O) groups excluding carboxylic acids is 2. The van der Waals surface area contributed by atoms with Crippen molar-refractivity contribution in [3.05, 3.63) is 64.9 Å². The highest BCUT2D eigenvalue weighted by molar-refractivity contribution is 6.02. The second-order valence-electron chi connectivity index (χ2n) is 7.56. The number of rotatable bonds is 5. The van der Waals surface area contributed by atoms with Crippen molar-refractivity contribution >= 4 is 11.7 Å². The fourth-order valence-corrected chi connectivity index (χ4v) is 4.59. The fraction of sp³-hybridized carbons (Fsp3) is 0.333.